The number of oxazole rings is 1. The number of carbonyl (C=O) groups excluding carboxylic acids is 1. The van der Waals surface area contributed by atoms with Crippen LogP contribution in [0.15, 0.2) is 75.8 Å². The number of hydrogen-bond acceptors (Lipinski definition) is 6. The van der Waals surface area contributed by atoms with Crippen LogP contribution in [0.4, 0.5) is 5.69 Å². The van der Waals surface area contributed by atoms with Crippen LogP contribution in [-0.4, -0.2) is 37.3 Å². The molecule has 32 heavy (non-hydrogen) atoms. The summed E-state index contributed by atoms with van der Waals surface area (Å²) < 4.78 is 28.0. The van der Waals surface area contributed by atoms with Crippen molar-refractivity contribution < 1.29 is 17.6 Å². The Morgan fingerprint density at radius 1 is 1.25 bits per heavy atom. The van der Waals surface area contributed by atoms with Crippen molar-refractivity contribution in [3.63, 3.8) is 0 Å². The van der Waals surface area contributed by atoms with Crippen molar-refractivity contribution >= 4 is 38.7 Å². The highest BCUT2D eigenvalue weighted by atomic mass is 35.5. The smallest absolute Gasteiger partial charge is 0.251 e. The van der Waals surface area contributed by atoms with Crippen molar-refractivity contribution in [2.75, 3.05) is 6.26 Å². The van der Waals surface area contributed by atoms with E-state index in [1.165, 1.54) is 18.5 Å². The highest BCUT2D eigenvalue weighted by Crippen LogP contribution is 2.31. The summed E-state index contributed by atoms with van der Waals surface area (Å²) in [4.78, 5) is 21.6. The van der Waals surface area contributed by atoms with E-state index in [1.807, 2.05) is 25.1 Å². The summed E-state index contributed by atoms with van der Waals surface area (Å²) in [5.74, 6) is -0.0582. The van der Waals surface area contributed by atoms with Gasteiger partial charge in [-0.05, 0) is 38.1 Å². The van der Waals surface area contributed by atoms with Gasteiger partial charge in [-0.3, -0.25) is 9.79 Å². The Balaban J connectivity index is 1.94. The van der Waals surface area contributed by atoms with Crippen LogP contribution in [0.25, 0.3) is 11.5 Å². The van der Waals surface area contributed by atoms with Crippen molar-refractivity contribution in [1.82, 2.24) is 10.3 Å². The van der Waals surface area contributed by atoms with Gasteiger partial charge in [-0.15, -0.1) is 0 Å². The van der Waals surface area contributed by atoms with Gasteiger partial charge in [0, 0.05) is 39.6 Å². The molecule has 1 heterocycles. The van der Waals surface area contributed by atoms with Gasteiger partial charge in [0.15, 0.2) is 9.84 Å². The predicted molar refractivity (Wildman–Crippen MR) is 126 cm³/mol. The fourth-order valence-corrected chi connectivity index (χ4v) is 3.69. The topological polar surface area (TPSA) is 102 Å². The maximum absolute atomic E-state index is 12.7. The van der Waals surface area contributed by atoms with E-state index in [4.69, 9.17) is 16.0 Å². The second-order valence-electron chi connectivity index (χ2n) is 7.17. The first-order chi connectivity index (χ1) is 15.1. The van der Waals surface area contributed by atoms with Crippen LogP contribution in [-0.2, 0) is 9.84 Å². The Hall–Kier alpha value is -3.23. The molecule has 0 bridgehead atoms. The van der Waals surface area contributed by atoms with Crippen LogP contribution >= 0.6 is 11.6 Å². The lowest BCUT2D eigenvalue weighted by molar-refractivity contribution is 0.0947. The van der Waals surface area contributed by atoms with Crippen LogP contribution < -0.4 is 5.32 Å². The van der Waals surface area contributed by atoms with Gasteiger partial charge in [-0.2, -0.15) is 0 Å². The Morgan fingerprint density at radius 3 is 2.66 bits per heavy atom. The molecular weight excluding hydrogens is 450 g/mol. The van der Waals surface area contributed by atoms with Gasteiger partial charge in [0.05, 0.1) is 17.4 Å². The van der Waals surface area contributed by atoms with Crippen molar-refractivity contribution in [2.24, 2.45) is 4.99 Å². The molecule has 0 aliphatic heterocycles. The average Bonchev–Trinajstić information content (AvgIpc) is 3.27. The minimum absolute atomic E-state index is 0.315. The first-order valence-electron chi connectivity index (χ1n) is 9.67. The number of carbonyl (C=O) groups is 1. The van der Waals surface area contributed by atoms with E-state index in [0.29, 0.717) is 33.4 Å². The van der Waals surface area contributed by atoms with E-state index in [0.717, 1.165) is 17.2 Å². The van der Waals surface area contributed by atoms with Gasteiger partial charge in [0.2, 0.25) is 5.89 Å². The fraction of sp³-hybridized carbons (Fsp3) is 0.174. The lowest BCUT2D eigenvalue weighted by Gasteiger charge is -2.12. The maximum Gasteiger partial charge on any atom is 0.251 e. The molecular formula is C23H22ClN3O4S. The molecule has 0 saturated heterocycles. The highest BCUT2D eigenvalue weighted by Gasteiger charge is 2.16. The quantitative estimate of drug-likeness (QED) is 0.498. The molecule has 0 aliphatic carbocycles. The number of aromatic nitrogens is 1. The number of halogens is 1. The Labute approximate surface area is 191 Å². The number of sulfone groups is 1. The van der Waals surface area contributed by atoms with Gasteiger partial charge < -0.3 is 9.73 Å². The first kappa shape index (κ1) is 23.4. The van der Waals surface area contributed by atoms with Gasteiger partial charge in [-0.1, -0.05) is 35.9 Å². The van der Waals surface area contributed by atoms with Crippen LogP contribution in [0.2, 0.25) is 5.02 Å². The third kappa shape index (κ3) is 6.15. The summed E-state index contributed by atoms with van der Waals surface area (Å²) >= 11 is 6.29. The summed E-state index contributed by atoms with van der Waals surface area (Å²) in [5.41, 5.74) is 2.94. The van der Waals surface area contributed by atoms with Gasteiger partial charge in [0.1, 0.15) is 6.26 Å². The average molecular weight is 472 g/mol. The van der Waals surface area contributed by atoms with Crippen LogP contribution in [0.5, 0.6) is 0 Å². The first-order valence-corrected chi connectivity index (χ1v) is 12.0. The molecule has 2 aromatic carbocycles. The molecule has 0 aliphatic rings. The van der Waals surface area contributed by atoms with Gasteiger partial charge in [0.25, 0.3) is 5.91 Å². The lowest BCUT2D eigenvalue weighted by atomic mass is 10.1. The van der Waals surface area contributed by atoms with E-state index < -0.39 is 15.9 Å². The summed E-state index contributed by atoms with van der Waals surface area (Å²) in [6, 6.07) is 11.9. The van der Waals surface area contributed by atoms with Gasteiger partial charge >= 0.3 is 0 Å². The predicted octanol–water partition coefficient (Wildman–Crippen LogP) is 4.81. The monoisotopic (exact) mass is 471 g/mol. The number of rotatable bonds is 7. The van der Waals surface area contributed by atoms with E-state index >= 15 is 0 Å². The van der Waals surface area contributed by atoms with Crippen molar-refractivity contribution in [2.45, 2.75) is 19.9 Å². The Kier molecular flexibility index (Phi) is 7.27. The zero-order valence-corrected chi connectivity index (χ0v) is 19.3. The highest BCUT2D eigenvalue weighted by molar-refractivity contribution is 7.93. The minimum atomic E-state index is -3.28. The van der Waals surface area contributed by atoms with E-state index in [2.05, 4.69) is 15.3 Å². The SMILES string of the molecule is CC(=Nc1ccc(C(=O)N[C@H](C)/C=C/S(C)(=O)=O)cc1-c1ncco1)c1ccccc1Cl. The number of benzene rings is 2. The molecule has 3 rings (SSSR count). The van der Waals surface area contributed by atoms with E-state index in [9.17, 15) is 13.2 Å². The summed E-state index contributed by atoms with van der Waals surface area (Å²) in [5, 5.41) is 4.38. The van der Waals surface area contributed by atoms with Gasteiger partial charge in [-0.25, -0.2) is 13.4 Å². The second kappa shape index (κ2) is 9.93. The standard InChI is InChI=1S/C23H22ClN3O4S/c1-15(10-13-32(3,29)30)26-22(28)17-8-9-21(19(14-17)23-25-11-12-31-23)27-16(2)18-6-4-5-7-20(18)24/h4-15H,1-3H3,(H,26,28)/b13-10+,27-16?/t15-/m1/s1. The molecule has 0 unspecified atom stereocenters. The summed E-state index contributed by atoms with van der Waals surface area (Å²) in [6.45, 7) is 3.52. The van der Waals surface area contributed by atoms with Crippen molar-refractivity contribution in [1.29, 1.82) is 0 Å². The number of aliphatic imine (C=N–C) groups is 1. The molecule has 1 aromatic heterocycles. The van der Waals surface area contributed by atoms with Crippen LogP contribution in [0.1, 0.15) is 29.8 Å². The molecule has 1 atom stereocenters. The van der Waals surface area contributed by atoms with Crippen molar-refractivity contribution in [3.8, 4) is 11.5 Å². The molecule has 1 amide bonds. The third-order valence-electron chi connectivity index (χ3n) is 4.45. The third-order valence-corrected chi connectivity index (χ3v) is 5.43. The molecule has 7 nitrogen and oxygen atoms in total. The Bertz CT molecular complexity index is 1280. The molecule has 0 spiro atoms. The number of nitrogens with zero attached hydrogens (tertiary/aromatic N) is 2. The molecule has 9 heteroatoms. The normalized spacial score (nSPS) is 13.3. The zero-order valence-electron chi connectivity index (χ0n) is 17.7. The Morgan fingerprint density at radius 2 is 2.00 bits per heavy atom. The molecule has 0 saturated carbocycles. The van der Waals surface area contributed by atoms with Crippen LogP contribution in [0, 0.1) is 0 Å². The number of hydrogen-bond donors (Lipinski definition) is 1. The molecule has 1 N–H and O–H groups in total. The maximum atomic E-state index is 12.7. The summed E-state index contributed by atoms with van der Waals surface area (Å²) in [6.07, 6.45) is 5.45. The molecule has 3 aromatic rings. The zero-order chi connectivity index (χ0) is 23.3. The second-order valence-corrected chi connectivity index (χ2v) is 9.50. The van der Waals surface area contributed by atoms with Crippen molar-refractivity contribution in [3.05, 3.63) is 82.6 Å². The summed E-state index contributed by atoms with van der Waals surface area (Å²) in [7, 11) is -3.28. The number of amides is 1. The van der Waals surface area contributed by atoms with Crippen LogP contribution in [0.3, 0.4) is 0 Å². The molecule has 166 valence electrons. The van der Waals surface area contributed by atoms with E-state index in [1.54, 1.807) is 31.2 Å². The lowest BCUT2D eigenvalue weighted by Crippen LogP contribution is -2.31. The van der Waals surface area contributed by atoms with E-state index in [-0.39, 0.29) is 5.91 Å². The minimum Gasteiger partial charge on any atom is -0.444 e. The largest absolute Gasteiger partial charge is 0.444 e. The molecule has 0 radical (unpaired) electrons. The fourth-order valence-electron chi connectivity index (χ4n) is 2.90. The molecule has 0 fully saturated rings. The number of nitrogens with one attached hydrogen (secondary N) is 1.